The lowest BCUT2D eigenvalue weighted by molar-refractivity contribution is -0.387. The molecule has 2 aromatic carbocycles. The molecule has 4 aromatic rings. The van der Waals surface area contributed by atoms with E-state index in [1.54, 1.807) is 0 Å². The van der Waals surface area contributed by atoms with Gasteiger partial charge in [-0.05, 0) is 24.6 Å². The molecule has 0 saturated carbocycles. The summed E-state index contributed by atoms with van der Waals surface area (Å²) in [6.45, 7) is 2.85. The van der Waals surface area contributed by atoms with Gasteiger partial charge in [0.2, 0.25) is 16.9 Å². The normalized spacial score (nSPS) is 11.2. The van der Waals surface area contributed by atoms with Gasteiger partial charge in [-0.25, -0.2) is 4.98 Å². The van der Waals surface area contributed by atoms with Crippen LogP contribution in [-0.4, -0.2) is 36.3 Å². The molecule has 31 heavy (non-hydrogen) atoms. The molecule has 0 bridgehead atoms. The van der Waals surface area contributed by atoms with Crippen LogP contribution in [0.3, 0.4) is 0 Å². The molecule has 0 atom stereocenters. The Morgan fingerprint density at radius 1 is 1.26 bits per heavy atom. The number of nitro groups is 1. The van der Waals surface area contributed by atoms with Crippen molar-refractivity contribution in [3.05, 3.63) is 58.4 Å². The topological polar surface area (TPSA) is 116 Å². The molecule has 1 N–H and O–H groups in total. The van der Waals surface area contributed by atoms with Gasteiger partial charge in [-0.2, -0.15) is 4.39 Å². The zero-order chi connectivity index (χ0) is 22.0. The average Bonchev–Trinajstić information content (AvgIpc) is 3.07. The van der Waals surface area contributed by atoms with Gasteiger partial charge in [-0.3, -0.25) is 14.9 Å². The van der Waals surface area contributed by atoms with Crippen LogP contribution in [0.2, 0.25) is 0 Å². The largest absolute Gasteiger partial charge is 0.325 e. The Labute approximate surface area is 179 Å². The number of rotatable bonds is 7. The lowest BCUT2D eigenvalue weighted by Gasteiger charge is -2.06. The fraction of sp³-hybridized carbons (Fsp3) is 0.200. The standard InChI is InChI=1S/C20H17FN6O3S/c1-2-9-26-15-6-4-3-5-13(15)18-19(26)23-20(25-24-18)31-11-17(28)22-12-7-8-14(21)16(10-12)27(29)30/h3-8,10H,2,9,11H2,1H3,(H,22,28). The van der Waals surface area contributed by atoms with E-state index < -0.39 is 22.3 Å². The third-order valence-electron chi connectivity index (χ3n) is 4.56. The Morgan fingerprint density at radius 2 is 2.06 bits per heavy atom. The van der Waals surface area contributed by atoms with Crippen LogP contribution >= 0.6 is 11.8 Å². The number of nitro benzene ring substituents is 1. The van der Waals surface area contributed by atoms with Crippen molar-refractivity contribution >= 4 is 51.1 Å². The third-order valence-corrected chi connectivity index (χ3v) is 5.40. The molecule has 0 unspecified atom stereocenters. The van der Waals surface area contributed by atoms with Crippen LogP contribution in [0.4, 0.5) is 15.8 Å². The van der Waals surface area contributed by atoms with Gasteiger partial charge in [0, 0.05) is 23.7 Å². The van der Waals surface area contributed by atoms with E-state index in [1.165, 1.54) is 6.07 Å². The highest BCUT2D eigenvalue weighted by Gasteiger charge is 2.17. The van der Waals surface area contributed by atoms with Crippen molar-refractivity contribution in [2.24, 2.45) is 0 Å². The van der Waals surface area contributed by atoms with Crippen LogP contribution in [0.5, 0.6) is 0 Å². The van der Waals surface area contributed by atoms with Gasteiger partial charge in [0.15, 0.2) is 5.65 Å². The molecular weight excluding hydrogens is 423 g/mol. The Balaban J connectivity index is 1.52. The van der Waals surface area contributed by atoms with Crippen LogP contribution in [0, 0.1) is 15.9 Å². The Kier molecular flexibility index (Phi) is 5.76. The molecule has 0 fully saturated rings. The minimum Gasteiger partial charge on any atom is -0.325 e. The summed E-state index contributed by atoms with van der Waals surface area (Å²) in [6.07, 6.45) is 0.923. The summed E-state index contributed by atoms with van der Waals surface area (Å²) in [4.78, 5) is 26.8. The van der Waals surface area contributed by atoms with E-state index in [1.807, 2.05) is 24.3 Å². The summed E-state index contributed by atoms with van der Waals surface area (Å²) in [5.74, 6) is -1.43. The van der Waals surface area contributed by atoms with Gasteiger partial charge < -0.3 is 9.88 Å². The van der Waals surface area contributed by atoms with Crippen LogP contribution < -0.4 is 5.32 Å². The third kappa shape index (κ3) is 4.17. The van der Waals surface area contributed by atoms with Crippen LogP contribution in [-0.2, 0) is 11.3 Å². The number of nitrogens with zero attached hydrogens (tertiary/aromatic N) is 5. The summed E-state index contributed by atoms with van der Waals surface area (Å²) in [7, 11) is 0. The van der Waals surface area contributed by atoms with Crippen molar-refractivity contribution in [1.29, 1.82) is 0 Å². The lowest BCUT2D eigenvalue weighted by Crippen LogP contribution is -2.14. The van der Waals surface area contributed by atoms with E-state index in [4.69, 9.17) is 0 Å². The number of thioether (sulfide) groups is 1. The average molecular weight is 440 g/mol. The molecule has 0 spiro atoms. The number of halogens is 1. The molecule has 2 aromatic heterocycles. The van der Waals surface area contributed by atoms with Gasteiger partial charge in [0.1, 0.15) is 5.52 Å². The molecule has 9 nitrogen and oxygen atoms in total. The smallest absolute Gasteiger partial charge is 0.306 e. The van der Waals surface area contributed by atoms with Crippen molar-refractivity contribution in [1.82, 2.24) is 19.7 Å². The summed E-state index contributed by atoms with van der Waals surface area (Å²) < 4.78 is 15.5. The van der Waals surface area contributed by atoms with Gasteiger partial charge in [-0.15, -0.1) is 10.2 Å². The predicted octanol–water partition coefficient (Wildman–Crippen LogP) is 4.17. The molecule has 11 heteroatoms. The van der Waals surface area contributed by atoms with E-state index >= 15 is 0 Å². The zero-order valence-corrected chi connectivity index (χ0v) is 17.2. The number of hydrogen-bond donors (Lipinski definition) is 1. The first-order chi connectivity index (χ1) is 15.0. The summed E-state index contributed by atoms with van der Waals surface area (Å²) in [5, 5.41) is 23.1. The van der Waals surface area contributed by atoms with Crippen LogP contribution in [0.15, 0.2) is 47.6 Å². The minimum atomic E-state index is -0.965. The fourth-order valence-corrected chi connectivity index (χ4v) is 3.84. The second-order valence-corrected chi connectivity index (χ2v) is 7.64. The van der Waals surface area contributed by atoms with E-state index in [0.29, 0.717) is 16.3 Å². The highest BCUT2D eigenvalue weighted by Crippen LogP contribution is 2.27. The maximum Gasteiger partial charge on any atom is 0.306 e. The maximum atomic E-state index is 13.4. The van der Waals surface area contributed by atoms with Crippen LogP contribution in [0.1, 0.15) is 13.3 Å². The Morgan fingerprint density at radius 3 is 2.84 bits per heavy atom. The number of carbonyl (C=O) groups excluding carboxylic acids is 1. The van der Waals surface area contributed by atoms with Crippen molar-refractivity contribution in [2.45, 2.75) is 25.0 Å². The first-order valence-electron chi connectivity index (χ1n) is 9.46. The number of fused-ring (bicyclic) bond motifs is 3. The van der Waals surface area contributed by atoms with Crippen LogP contribution in [0.25, 0.3) is 22.1 Å². The van der Waals surface area contributed by atoms with E-state index in [-0.39, 0.29) is 11.4 Å². The molecule has 158 valence electrons. The summed E-state index contributed by atoms with van der Waals surface area (Å²) >= 11 is 1.09. The molecule has 0 aliphatic heterocycles. The lowest BCUT2D eigenvalue weighted by atomic mass is 10.2. The van der Waals surface area contributed by atoms with Crippen molar-refractivity contribution < 1.29 is 14.1 Å². The highest BCUT2D eigenvalue weighted by atomic mass is 32.2. The SMILES string of the molecule is CCCn1c2ccccc2c2nnc(SCC(=O)Nc3ccc(F)c([N+](=O)[O-])c3)nc21. The number of para-hydroxylation sites is 1. The number of aromatic nitrogens is 4. The molecule has 0 aliphatic rings. The molecule has 0 saturated heterocycles. The van der Waals surface area contributed by atoms with Crippen molar-refractivity contribution in [3.8, 4) is 0 Å². The number of anilines is 1. The van der Waals surface area contributed by atoms with Gasteiger partial charge in [0.25, 0.3) is 0 Å². The number of carbonyl (C=O) groups is 1. The van der Waals surface area contributed by atoms with Gasteiger partial charge >= 0.3 is 5.69 Å². The quantitative estimate of drug-likeness (QED) is 0.260. The monoisotopic (exact) mass is 440 g/mol. The first-order valence-corrected chi connectivity index (χ1v) is 10.4. The summed E-state index contributed by atoms with van der Waals surface area (Å²) in [6, 6.07) is 11.1. The number of nitrogens with one attached hydrogen (secondary N) is 1. The number of aryl methyl sites for hydroxylation is 1. The minimum absolute atomic E-state index is 0.0354. The molecule has 0 radical (unpaired) electrons. The van der Waals surface area contributed by atoms with E-state index in [9.17, 15) is 19.3 Å². The van der Waals surface area contributed by atoms with Crippen molar-refractivity contribution in [2.75, 3.05) is 11.1 Å². The van der Waals surface area contributed by atoms with E-state index in [0.717, 1.165) is 47.8 Å². The Bertz CT molecular complexity index is 1310. The number of hydrogen-bond acceptors (Lipinski definition) is 7. The second kappa shape index (κ2) is 8.64. The molecular formula is C20H17FN6O3S. The molecule has 2 heterocycles. The van der Waals surface area contributed by atoms with Gasteiger partial charge in [0.05, 0.1) is 16.2 Å². The summed E-state index contributed by atoms with van der Waals surface area (Å²) in [5.41, 5.74) is 1.87. The van der Waals surface area contributed by atoms with Gasteiger partial charge in [-0.1, -0.05) is 36.9 Å². The fourth-order valence-electron chi connectivity index (χ4n) is 3.26. The highest BCUT2D eigenvalue weighted by molar-refractivity contribution is 7.99. The second-order valence-electron chi connectivity index (χ2n) is 6.70. The van der Waals surface area contributed by atoms with E-state index in [2.05, 4.69) is 32.0 Å². The zero-order valence-electron chi connectivity index (χ0n) is 16.4. The first kappa shape index (κ1) is 20.7. The molecule has 4 rings (SSSR count). The number of benzene rings is 2. The maximum absolute atomic E-state index is 13.4. The predicted molar refractivity (Wildman–Crippen MR) is 116 cm³/mol. The van der Waals surface area contributed by atoms with Crippen molar-refractivity contribution in [3.63, 3.8) is 0 Å². The Hall–Kier alpha value is -3.60. The molecule has 0 aliphatic carbocycles. The molecule has 1 amide bonds. The number of amides is 1.